The van der Waals surface area contributed by atoms with Crippen molar-refractivity contribution in [3.8, 4) is 11.1 Å². The Morgan fingerprint density at radius 3 is 1.59 bits per heavy atom. The second-order valence-electron chi connectivity index (χ2n) is 8.40. The molecule has 0 aliphatic rings. The van der Waals surface area contributed by atoms with Crippen molar-refractivity contribution >= 4 is 33.5 Å². The van der Waals surface area contributed by atoms with E-state index in [1.807, 2.05) is 0 Å². The topological polar surface area (TPSA) is 13.1 Å². The van der Waals surface area contributed by atoms with Gasteiger partial charge in [-0.1, -0.05) is 41.9 Å². The lowest BCUT2D eigenvalue weighted by molar-refractivity contribution is -0.441. The van der Waals surface area contributed by atoms with Crippen LogP contribution in [0.25, 0.3) is 33.1 Å². The first-order valence-electron chi connectivity index (χ1n) is 10.4. The highest BCUT2D eigenvalue weighted by Crippen LogP contribution is 2.62. The van der Waals surface area contributed by atoms with E-state index in [1.165, 1.54) is 18.2 Å². The van der Waals surface area contributed by atoms with E-state index in [4.69, 9.17) is 16.0 Å². The Kier molecular flexibility index (Phi) is 6.41. The first kappa shape index (κ1) is 28.8. The molecule has 1 heterocycles. The van der Waals surface area contributed by atoms with Gasteiger partial charge in [-0.15, -0.1) is 0 Å². The fraction of sp³-hybridized carbons (Fsp3) is 0.250. The Morgan fingerprint density at radius 1 is 0.487 bits per heavy atom. The maximum Gasteiger partial charge on any atom is 0.460 e. The standard InChI is InChI=1S/C24H10ClF13O/c25-14-6-8-17-16(10-14)15-7-3-12(9-18(15)39-17)11-1-4-13(5-2-11)19(26,27)20(28,29)21(30,31)22(32,33)23(34,35)24(36,37)38/h1-10H. The molecule has 0 fully saturated rings. The highest BCUT2D eigenvalue weighted by atomic mass is 35.5. The average molecular weight is 597 g/mol. The number of benzene rings is 3. The molecule has 0 amide bonds. The van der Waals surface area contributed by atoms with Gasteiger partial charge >= 0.3 is 35.8 Å². The molecule has 0 aliphatic heterocycles. The summed E-state index contributed by atoms with van der Waals surface area (Å²) in [6.45, 7) is 0. The predicted molar refractivity (Wildman–Crippen MR) is 114 cm³/mol. The van der Waals surface area contributed by atoms with E-state index in [0.717, 1.165) is 0 Å². The summed E-state index contributed by atoms with van der Waals surface area (Å²) in [7, 11) is 0. The zero-order valence-corrected chi connectivity index (χ0v) is 19.2. The summed E-state index contributed by atoms with van der Waals surface area (Å²) in [5.74, 6) is -37.3. The van der Waals surface area contributed by atoms with Crippen LogP contribution < -0.4 is 0 Å². The lowest BCUT2D eigenvalue weighted by Crippen LogP contribution is -2.69. The predicted octanol–water partition coefficient (Wildman–Crippen LogP) is 10.1. The molecule has 0 saturated carbocycles. The van der Waals surface area contributed by atoms with Crippen LogP contribution >= 0.6 is 11.6 Å². The summed E-state index contributed by atoms with van der Waals surface area (Å²) >= 11 is 5.95. The van der Waals surface area contributed by atoms with Crippen LogP contribution in [0.4, 0.5) is 57.1 Å². The summed E-state index contributed by atoms with van der Waals surface area (Å²) < 4.78 is 180. The summed E-state index contributed by atoms with van der Waals surface area (Å²) in [5.41, 5.74) is -1.10. The molecular weight excluding hydrogens is 587 g/mol. The summed E-state index contributed by atoms with van der Waals surface area (Å²) in [5, 5.41) is 1.60. The zero-order valence-electron chi connectivity index (χ0n) is 18.5. The number of hydrogen-bond acceptors (Lipinski definition) is 1. The van der Waals surface area contributed by atoms with Gasteiger partial charge in [-0.2, -0.15) is 57.1 Å². The third-order valence-corrected chi connectivity index (χ3v) is 6.18. The lowest BCUT2D eigenvalue weighted by atomic mass is 9.90. The van der Waals surface area contributed by atoms with Crippen molar-refractivity contribution in [1.82, 2.24) is 0 Å². The third kappa shape index (κ3) is 4.09. The van der Waals surface area contributed by atoms with Crippen LogP contribution in [0.3, 0.4) is 0 Å². The van der Waals surface area contributed by atoms with Crippen molar-refractivity contribution in [3.63, 3.8) is 0 Å². The molecule has 0 spiro atoms. The van der Waals surface area contributed by atoms with E-state index in [0.29, 0.717) is 33.5 Å². The van der Waals surface area contributed by atoms with Gasteiger partial charge in [-0.25, -0.2) is 0 Å². The third-order valence-electron chi connectivity index (χ3n) is 5.95. The van der Waals surface area contributed by atoms with Crippen LogP contribution in [-0.2, 0) is 5.92 Å². The van der Waals surface area contributed by atoms with E-state index in [2.05, 4.69) is 0 Å². The maximum absolute atomic E-state index is 14.4. The summed E-state index contributed by atoms with van der Waals surface area (Å²) in [6, 6.07) is 10.7. The van der Waals surface area contributed by atoms with Crippen molar-refractivity contribution < 1.29 is 61.5 Å². The molecule has 4 aromatic rings. The van der Waals surface area contributed by atoms with Gasteiger partial charge in [0.1, 0.15) is 11.2 Å². The maximum atomic E-state index is 14.4. The first-order valence-corrected chi connectivity index (χ1v) is 10.7. The Morgan fingerprint density at radius 2 is 1.03 bits per heavy atom. The molecule has 210 valence electrons. The van der Waals surface area contributed by atoms with E-state index in [9.17, 15) is 57.1 Å². The second-order valence-corrected chi connectivity index (χ2v) is 8.84. The molecule has 39 heavy (non-hydrogen) atoms. The van der Waals surface area contributed by atoms with Crippen molar-refractivity contribution in [2.75, 3.05) is 0 Å². The van der Waals surface area contributed by atoms with Crippen molar-refractivity contribution in [2.45, 2.75) is 35.8 Å². The molecule has 0 saturated heterocycles. The molecular formula is C24H10ClF13O. The van der Waals surface area contributed by atoms with Crippen molar-refractivity contribution in [3.05, 3.63) is 71.2 Å². The van der Waals surface area contributed by atoms with Crippen LogP contribution in [0.15, 0.2) is 65.1 Å². The van der Waals surface area contributed by atoms with Gasteiger partial charge in [0, 0.05) is 21.4 Å². The zero-order chi connectivity index (χ0) is 29.4. The number of rotatable bonds is 6. The quantitative estimate of drug-likeness (QED) is 0.202. The lowest BCUT2D eigenvalue weighted by Gasteiger charge is -2.39. The van der Waals surface area contributed by atoms with Gasteiger partial charge in [-0.05, 0) is 41.5 Å². The molecule has 0 unspecified atom stereocenters. The monoisotopic (exact) mass is 596 g/mol. The Labute approximate surface area is 213 Å². The number of hydrogen-bond donors (Lipinski definition) is 0. The molecule has 0 N–H and O–H groups in total. The van der Waals surface area contributed by atoms with E-state index < -0.39 is 41.4 Å². The van der Waals surface area contributed by atoms with Gasteiger partial charge in [0.25, 0.3) is 0 Å². The minimum Gasteiger partial charge on any atom is -0.456 e. The fourth-order valence-electron chi connectivity index (χ4n) is 3.75. The normalized spacial score (nSPS) is 14.4. The molecule has 4 rings (SSSR count). The molecule has 3 aromatic carbocycles. The number of furan rings is 1. The molecule has 1 aromatic heterocycles. The Bertz CT molecular complexity index is 1540. The van der Waals surface area contributed by atoms with Crippen LogP contribution in [0.2, 0.25) is 5.02 Å². The van der Waals surface area contributed by atoms with Gasteiger partial charge < -0.3 is 4.42 Å². The smallest absolute Gasteiger partial charge is 0.456 e. The average Bonchev–Trinajstić information content (AvgIpc) is 3.19. The van der Waals surface area contributed by atoms with Crippen LogP contribution in [0.5, 0.6) is 0 Å². The molecule has 0 aliphatic carbocycles. The van der Waals surface area contributed by atoms with E-state index in [-0.39, 0.29) is 28.8 Å². The SMILES string of the molecule is FC(F)(F)C(F)(F)C(F)(F)C(F)(F)C(F)(F)C(F)(F)c1ccc(-c2ccc3c(c2)oc2ccc(Cl)cc23)cc1. The van der Waals surface area contributed by atoms with Crippen LogP contribution in [-0.4, -0.2) is 29.9 Å². The number of halogens is 14. The largest absolute Gasteiger partial charge is 0.460 e. The van der Waals surface area contributed by atoms with Gasteiger partial charge in [-0.3, -0.25) is 0 Å². The van der Waals surface area contributed by atoms with Gasteiger partial charge in [0.2, 0.25) is 0 Å². The number of fused-ring (bicyclic) bond motifs is 3. The van der Waals surface area contributed by atoms with E-state index in [1.54, 1.807) is 18.2 Å². The highest BCUT2D eigenvalue weighted by Gasteiger charge is 2.90. The first-order chi connectivity index (χ1) is 17.7. The van der Waals surface area contributed by atoms with E-state index >= 15 is 0 Å². The highest BCUT2D eigenvalue weighted by molar-refractivity contribution is 6.31. The molecule has 0 bridgehead atoms. The molecule has 0 atom stereocenters. The fourth-order valence-corrected chi connectivity index (χ4v) is 3.92. The summed E-state index contributed by atoms with van der Waals surface area (Å²) in [6.07, 6.45) is -7.46. The molecule has 15 heteroatoms. The van der Waals surface area contributed by atoms with Gasteiger partial charge in [0.15, 0.2) is 0 Å². The molecule has 0 radical (unpaired) electrons. The second kappa shape index (κ2) is 8.67. The minimum atomic E-state index is -7.95. The minimum absolute atomic E-state index is 0.0129. The van der Waals surface area contributed by atoms with Crippen molar-refractivity contribution in [2.24, 2.45) is 0 Å². The molecule has 1 nitrogen and oxygen atoms in total. The van der Waals surface area contributed by atoms with Gasteiger partial charge in [0.05, 0.1) is 0 Å². The Hall–Kier alpha value is -3.16. The number of alkyl halides is 13. The van der Waals surface area contributed by atoms with Crippen LogP contribution in [0.1, 0.15) is 5.56 Å². The van der Waals surface area contributed by atoms with Crippen LogP contribution in [0, 0.1) is 0 Å². The summed E-state index contributed by atoms with van der Waals surface area (Å²) in [4.78, 5) is 0. The van der Waals surface area contributed by atoms with Crippen molar-refractivity contribution in [1.29, 1.82) is 0 Å². The Balaban J connectivity index is 1.70.